The fourth-order valence-corrected chi connectivity index (χ4v) is 4.89. The lowest BCUT2D eigenvalue weighted by Crippen LogP contribution is -2.46. The van der Waals surface area contributed by atoms with Gasteiger partial charge in [-0.3, -0.25) is 10.1 Å². The SMILES string of the molecule is CCOC(=O)C1=C(C(F)(F)F)N(CCCc2ccc(OCC3CO3)cc2)C(C)C(C(=O)O)=C1c1cccc([N+](=O)[O-])c1. The molecule has 224 valence electrons. The quantitative estimate of drug-likeness (QED) is 0.158. The molecule has 1 N–H and O–H groups in total. The monoisotopic (exact) mass is 590 g/mol. The molecule has 2 unspecified atom stereocenters. The minimum atomic E-state index is -5.09. The van der Waals surface area contributed by atoms with Crippen LogP contribution in [0.5, 0.6) is 5.75 Å². The summed E-state index contributed by atoms with van der Waals surface area (Å²) in [6, 6.07) is 10.2. The van der Waals surface area contributed by atoms with Crippen LogP contribution in [0.4, 0.5) is 18.9 Å². The number of esters is 1. The van der Waals surface area contributed by atoms with Crippen LogP contribution in [0.3, 0.4) is 0 Å². The van der Waals surface area contributed by atoms with Crippen LogP contribution in [0.15, 0.2) is 65.4 Å². The van der Waals surface area contributed by atoms with Crippen molar-refractivity contribution in [2.24, 2.45) is 0 Å². The molecule has 42 heavy (non-hydrogen) atoms. The van der Waals surface area contributed by atoms with Crippen LogP contribution in [0.2, 0.25) is 0 Å². The largest absolute Gasteiger partial charge is 0.491 e. The first-order chi connectivity index (χ1) is 19.9. The Kier molecular flexibility index (Phi) is 9.20. The van der Waals surface area contributed by atoms with E-state index in [-0.39, 0.29) is 31.2 Å². The number of nitro benzene ring substituents is 1. The van der Waals surface area contributed by atoms with E-state index in [0.29, 0.717) is 25.4 Å². The molecule has 2 aromatic rings. The highest BCUT2D eigenvalue weighted by molar-refractivity contribution is 6.14. The number of nitrogens with zero attached hydrogens (tertiary/aromatic N) is 2. The van der Waals surface area contributed by atoms with Crippen LogP contribution in [-0.2, 0) is 25.5 Å². The first kappa shape index (κ1) is 30.6. The summed E-state index contributed by atoms with van der Waals surface area (Å²) in [6.07, 6.45) is -4.45. The van der Waals surface area contributed by atoms with Crippen molar-refractivity contribution in [3.05, 3.63) is 86.6 Å². The molecule has 2 aliphatic rings. The molecule has 10 nitrogen and oxygen atoms in total. The average molecular weight is 591 g/mol. The normalized spacial score (nSPS) is 18.6. The molecule has 2 aromatic carbocycles. The molecule has 0 aromatic heterocycles. The zero-order valence-electron chi connectivity index (χ0n) is 22.8. The van der Waals surface area contributed by atoms with Crippen molar-refractivity contribution in [3.63, 3.8) is 0 Å². The van der Waals surface area contributed by atoms with E-state index in [4.69, 9.17) is 14.2 Å². The Morgan fingerprint density at radius 2 is 1.88 bits per heavy atom. The third-order valence-electron chi connectivity index (χ3n) is 6.88. The number of ether oxygens (including phenoxy) is 3. The summed E-state index contributed by atoms with van der Waals surface area (Å²) in [7, 11) is 0. The van der Waals surface area contributed by atoms with Gasteiger partial charge in [-0.2, -0.15) is 13.2 Å². The zero-order chi connectivity index (χ0) is 30.6. The number of carbonyl (C=O) groups is 2. The molecule has 2 heterocycles. The number of hydrogen-bond acceptors (Lipinski definition) is 8. The Labute approximate surface area is 239 Å². The van der Waals surface area contributed by atoms with Crippen molar-refractivity contribution in [2.75, 3.05) is 26.4 Å². The lowest BCUT2D eigenvalue weighted by molar-refractivity contribution is -0.384. The number of alkyl halides is 3. The maximum Gasteiger partial charge on any atom is 0.432 e. The van der Waals surface area contributed by atoms with Crippen molar-refractivity contribution in [1.82, 2.24) is 4.90 Å². The van der Waals surface area contributed by atoms with Gasteiger partial charge in [-0.25, -0.2) is 9.59 Å². The van der Waals surface area contributed by atoms with Gasteiger partial charge in [-0.1, -0.05) is 24.3 Å². The molecule has 0 aliphatic carbocycles. The minimum absolute atomic E-state index is 0.0915. The van der Waals surface area contributed by atoms with E-state index in [0.717, 1.165) is 22.6 Å². The zero-order valence-corrected chi connectivity index (χ0v) is 22.8. The Morgan fingerprint density at radius 1 is 1.19 bits per heavy atom. The number of allylic oxidation sites excluding steroid dienone is 1. The Hall–Kier alpha value is -4.39. The van der Waals surface area contributed by atoms with E-state index in [1.807, 2.05) is 0 Å². The van der Waals surface area contributed by atoms with Gasteiger partial charge < -0.3 is 24.2 Å². The molecular weight excluding hydrogens is 561 g/mol. The van der Waals surface area contributed by atoms with Gasteiger partial charge in [-0.05, 0) is 49.9 Å². The number of carboxylic acid groups (broad SMARTS) is 1. The van der Waals surface area contributed by atoms with Gasteiger partial charge in [0.2, 0.25) is 0 Å². The molecular formula is C29H29F3N2O8. The molecule has 0 bridgehead atoms. The number of halogens is 3. The van der Waals surface area contributed by atoms with E-state index in [1.54, 1.807) is 24.3 Å². The van der Waals surface area contributed by atoms with Crippen molar-refractivity contribution in [3.8, 4) is 5.75 Å². The number of rotatable bonds is 12. The summed E-state index contributed by atoms with van der Waals surface area (Å²) in [5.74, 6) is -2.32. The number of non-ortho nitro benzene ring substituents is 1. The Bertz CT molecular complexity index is 1410. The average Bonchev–Trinajstić information content (AvgIpc) is 3.77. The highest BCUT2D eigenvalue weighted by Gasteiger charge is 2.49. The van der Waals surface area contributed by atoms with E-state index < -0.39 is 57.2 Å². The second-order valence-corrected chi connectivity index (χ2v) is 9.73. The second-order valence-electron chi connectivity index (χ2n) is 9.73. The maximum absolute atomic E-state index is 14.8. The molecule has 1 saturated heterocycles. The summed E-state index contributed by atoms with van der Waals surface area (Å²) < 4.78 is 59.9. The van der Waals surface area contributed by atoms with E-state index >= 15 is 0 Å². The van der Waals surface area contributed by atoms with Gasteiger partial charge in [0.15, 0.2) is 0 Å². The van der Waals surface area contributed by atoms with E-state index in [2.05, 4.69) is 0 Å². The number of benzene rings is 2. The molecule has 0 radical (unpaired) electrons. The first-order valence-corrected chi connectivity index (χ1v) is 13.2. The first-order valence-electron chi connectivity index (χ1n) is 13.2. The smallest absolute Gasteiger partial charge is 0.432 e. The molecule has 13 heteroatoms. The van der Waals surface area contributed by atoms with E-state index in [1.165, 1.54) is 26.0 Å². The predicted octanol–water partition coefficient (Wildman–Crippen LogP) is 4.93. The number of epoxide rings is 1. The number of aryl methyl sites for hydroxylation is 1. The van der Waals surface area contributed by atoms with Gasteiger partial charge in [-0.15, -0.1) is 0 Å². The fourth-order valence-electron chi connectivity index (χ4n) is 4.89. The second kappa shape index (κ2) is 12.6. The van der Waals surface area contributed by atoms with E-state index in [9.17, 15) is 38.0 Å². The Balaban J connectivity index is 1.71. The van der Waals surface area contributed by atoms with Crippen LogP contribution < -0.4 is 4.74 Å². The fraction of sp³-hybridized carbons (Fsp3) is 0.379. The highest BCUT2D eigenvalue weighted by Crippen LogP contribution is 2.45. The summed E-state index contributed by atoms with van der Waals surface area (Å²) in [6.45, 7) is 3.27. The molecule has 0 saturated carbocycles. The predicted molar refractivity (Wildman–Crippen MR) is 144 cm³/mol. The number of hydrogen-bond donors (Lipinski definition) is 1. The summed E-state index contributed by atoms with van der Waals surface area (Å²) in [5, 5.41) is 21.6. The molecule has 2 aliphatic heterocycles. The third-order valence-corrected chi connectivity index (χ3v) is 6.88. The lowest BCUT2D eigenvalue weighted by Gasteiger charge is -2.40. The number of aliphatic carboxylic acids is 1. The van der Waals surface area contributed by atoms with Crippen LogP contribution in [0, 0.1) is 10.1 Å². The van der Waals surface area contributed by atoms with Crippen LogP contribution in [0.1, 0.15) is 31.4 Å². The molecule has 1 fully saturated rings. The summed E-state index contributed by atoms with van der Waals surface area (Å²) >= 11 is 0. The van der Waals surface area contributed by atoms with Gasteiger partial charge in [0.25, 0.3) is 5.69 Å². The van der Waals surface area contributed by atoms with Crippen LogP contribution >= 0.6 is 0 Å². The summed E-state index contributed by atoms with van der Waals surface area (Å²) in [5.41, 5.74) is -3.29. The van der Waals surface area contributed by atoms with Gasteiger partial charge in [0, 0.05) is 24.3 Å². The standard InChI is InChI=1S/C29H29F3N2O8/c1-3-40-28(37)25-24(19-7-4-8-20(14-19)34(38)39)23(27(35)36)17(2)33(26(25)29(30,31)32)13-5-6-18-9-11-21(12-10-18)41-15-22-16-42-22/h4,7-12,14,17,22H,3,5-6,13,15-16H2,1-2H3,(H,35,36). The highest BCUT2D eigenvalue weighted by atomic mass is 19.4. The van der Waals surface area contributed by atoms with Crippen LogP contribution in [-0.4, -0.2) is 71.6 Å². The van der Waals surface area contributed by atoms with Gasteiger partial charge in [0.05, 0.1) is 35.3 Å². The lowest BCUT2D eigenvalue weighted by atomic mass is 9.83. The Morgan fingerprint density at radius 3 is 2.45 bits per heavy atom. The van der Waals surface area contributed by atoms with Crippen molar-refractivity contribution in [1.29, 1.82) is 0 Å². The molecule has 0 amide bonds. The minimum Gasteiger partial charge on any atom is -0.491 e. The summed E-state index contributed by atoms with van der Waals surface area (Å²) in [4.78, 5) is 37.1. The van der Waals surface area contributed by atoms with Crippen molar-refractivity contribution >= 4 is 23.2 Å². The maximum atomic E-state index is 14.8. The van der Waals surface area contributed by atoms with Crippen LogP contribution in [0.25, 0.3) is 5.57 Å². The molecule has 4 rings (SSSR count). The van der Waals surface area contributed by atoms with Gasteiger partial charge >= 0.3 is 18.1 Å². The van der Waals surface area contributed by atoms with Gasteiger partial charge in [0.1, 0.15) is 24.2 Å². The molecule has 0 spiro atoms. The third kappa shape index (κ3) is 6.90. The number of carboxylic acids is 1. The van der Waals surface area contributed by atoms with Crippen molar-refractivity contribution < 1.29 is 47.0 Å². The number of carbonyl (C=O) groups excluding carboxylic acids is 1. The topological polar surface area (TPSA) is 132 Å². The number of nitro groups is 1. The molecule has 2 atom stereocenters. The van der Waals surface area contributed by atoms with Crippen molar-refractivity contribution in [2.45, 2.75) is 45.0 Å².